The van der Waals surface area contributed by atoms with Crippen LogP contribution in [0.1, 0.15) is 38.5 Å². The molecule has 4 aliphatic carbocycles. The fourth-order valence-corrected chi connectivity index (χ4v) is 4.87. The Morgan fingerprint density at radius 2 is 1.75 bits per heavy atom. The van der Waals surface area contributed by atoms with Gasteiger partial charge >= 0.3 is 5.97 Å². The lowest BCUT2D eigenvalue weighted by Gasteiger charge is -2.59. The van der Waals surface area contributed by atoms with Gasteiger partial charge in [-0.05, 0) is 50.4 Å². The maximum atomic E-state index is 12.0. The second kappa shape index (κ2) is 3.22. The molecule has 4 aliphatic rings. The van der Waals surface area contributed by atoms with Crippen LogP contribution < -0.4 is 0 Å². The maximum absolute atomic E-state index is 12.0. The van der Waals surface area contributed by atoms with Crippen molar-refractivity contribution in [3.8, 4) is 0 Å². The predicted octanol–water partition coefficient (Wildman–Crippen LogP) is 2.14. The summed E-state index contributed by atoms with van der Waals surface area (Å²) < 4.78 is 10.8. The third-order valence-corrected chi connectivity index (χ3v) is 5.06. The first-order valence-corrected chi connectivity index (χ1v) is 6.25. The standard InChI is InChI=1S/C13H20O3/c1-15-11(14)12-4-9-3-10(5-12)7-13(6-9,8-12)16-2/h9-10H,3-8H2,1-2H3. The molecule has 4 bridgehead atoms. The van der Waals surface area contributed by atoms with Crippen molar-refractivity contribution in [3.63, 3.8) is 0 Å². The highest BCUT2D eigenvalue weighted by molar-refractivity contribution is 5.77. The lowest BCUT2D eigenvalue weighted by atomic mass is 9.48. The molecule has 90 valence electrons. The summed E-state index contributed by atoms with van der Waals surface area (Å²) in [5.74, 6) is 1.36. The number of rotatable bonds is 2. The van der Waals surface area contributed by atoms with E-state index >= 15 is 0 Å². The van der Waals surface area contributed by atoms with Crippen LogP contribution in [0.5, 0.6) is 0 Å². The average Bonchev–Trinajstić information content (AvgIpc) is 2.26. The Kier molecular flexibility index (Phi) is 2.13. The van der Waals surface area contributed by atoms with Crippen molar-refractivity contribution >= 4 is 5.97 Å². The van der Waals surface area contributed by atoms with Gasteiger partial charge in [0.25, 0.3) is 0 Å². The van der Waals surface area contributed by atoms with E-state index < -0.39 is 0 Å². The van der Waals surface area contributed by atoms with E-state index in [9.17, 15) is 4.79 Å². The van der Waals surface area contributed by atoms with Crippen LogP contribution in [0.4, 0.5) is 0 Å². The second-order valence-corrected chi connectivity index (χ2v) is 6.12. The molecule has 0 aromatic rings. The van der Waals surface area contributed by atoms with Crippen LogP contribution in [0.3, 0.4) is 0 Å². The van der Waals surface area contributed by atoms with E-state index in [0.717, 1.165) is 32.1 Å². The van der Waals surface area contributed by atoms with Gasteiger partial charge in [0.15, 0.2) is 0 Å². The van der Waals surface area contributed by atoms with Gasteiger partial charge in [-0.25, -0.2) is 0 Å². The summed E-state index contributed by atoms with van der Waals surface area (Å²) in [6.45, 7) is 0. The molecule has 16 heavy (non-hydrogen) atoms. The molecule has 0 radical (unpaired) electrons. The minimum atomic E-state index is -0.213. The van der Waals surface area contributed by atoms with Gasteiger partial charge in [0.05, 0.1) is 18.1 Å². The largest absolute Gasteiger partial charge is 0.469 e. The Hall–Kier alpha value is -0.570. The summed E-state index contributed by atoms with van der Waals surface area (Å²) in [4.78, 5) is 12.0. The van der Waals surface area contributed by atoms with E-state index in [0.29, 0.717) is 11.8 Å². The van der Waals surface area contributed by atoms with E-state index in [1.807, 2.05) is 0 Å². The van der Waals surface area contributed by atoms with Gasteiger partial charge in [-0.2, -0.15) is 0 Å². The van der Waals surface area contributed by atoms with Crippen molar-refractivity contribution in [2.45, 2.75) is 44.1 Å². The van der Waals surface area contributed by atoms with E-state index in [1.54, 1.807) is 7.11 Å². The average molecular weight is 224 g/mol. The maximum Gasteiger partial charge on any atom is 0.311 e. The molecular formula is C13H20O3. The molecule has 4 fully saturated rings. The minimum absolute atomic E-state index is 0.00280. The van der Waals surface area contributed by atoms with Gasteiger partial charge in [0.2, 0.25) is 0 Å². The highest BCUT2D eigenvalue weighted by Crippen LogP contribution is 2.62. The molecule has 0 saturated heterocycles. The topological polar surface area (TPSA) is 35.5 Å². The Morgan fingerprint density at radius 1 is 1.12 bits per heavy atom. The van der Waals surface area contributed by atoms with Crippen molar-refractivity contribution in [1.29, 1.82) is 0 Å². The fraction of sp³-hybridized carbons (Fsp3) is 0.923. The molecule has 3 heteroatoms. The van der Waals surface area contributed by atoms with Crippen molar-refractivity contribution in [3.05, 3.63) is 0 Å². The van der Waals surface area contributed by atoms with E-state index in [-0.39, 0.29) is 17.0 Å². The third kappa shape index (κ3) is 1.27. The van der Waals surface area contributed by atoms with Gasteiger partial charge in [0.1, 0.15) is 0 Å². The zero-order valence-corrected chi connectivity index (χ0v) is 10.1. The molecule has 0 spiro atoms. The van der Waals surface area contributed by atoms with Crippen LogP contribution in [0, 0.1) is 17.3 Å². The van der Waals surface area contributed by atoms with Crippen LogP contribution in [0.15, 0.2) is 0 Å². The molecule has 0 aliphatic heterocycles. The van der Waals surface area contributed by atoms with Gasteiger partial charge in [-0.1, -0.05) is 0 Å². The Bertz CT molecular complexity index is 309. The zero-order valence-electron chi connectivity index (χ0n) is 10.1. The van der Waals surface area contributed by atoms with Crippen LogP contribution in [0.2, 0.25) is 0 Å². The molecule has 4 rings (SSSR count). The van der Waals surface area contributed by atoms with Crippen molar-refractivity contribution in [1.82, 2.24) is 0 Å². The molecule has 2 atom stereocenters. The second-order valence-electron chi connectivity index (χ2n) is 6.12. The Labute approximate surface area is 96.5 Å². The smallest absolute Gasteiger partial charge is 0.311 e. The SMILES string of the molecule is COC(=O)C12CC3CC(CC(OC)(C3)C1)C2. The summed E-state index contributed by atoms with van der Waals surface area (Å²) in [6, 6.07) is 0. The molecule has 0 aromatic heterocycles. The first-order chi connectivity index (χ1) is 7.61. The van der Waals surface area contributed by atoms with Gasteiger partial charge in [-0.3, -0.25) is 4.79 Å². The third-order valence-electron chi connectivity index (χ3n) is 5.06. The number of hydrogen-bond acceptors (Lipinski definition) is 3. The minimum Gasteiger partial charge on any atom is -0.469 e. The highest BCUT2D eigenvalue weighted by Gasteiger charge is 2.61. The summed E-state index contributed by atoms with van der Waals surface area (Å²) in [6.07, 6.45) is 6.54. The summed E-state index contributed by atoms with van der Waals surface area (Å²) in [5, 5.41) is 0. The van der Waals surface area contributed by atoms with Crippen LogP contribution in [-0.4, -0.2) is 25.8 Å². The van der Waals surface area contributed by atoms with Gasteiger partial charge in [-0.15, -0.1) is 0 Å². The molecule has 4 saturated carbocycles. The van der Waals surface area contributed by atoms with Gasteiger partial charge in [0, 0.05) is 7.11 Å². The molecule has 0 heterocycles. The molecule has 3 nitrogen and oxygen atoms in total. The Morgan fingerprint density at radius 3 is 2.25 bits per heavy atom. The predicted molar refractivity (Wildman–Crippen MR) is 58.9 cm³/mol. The number of methoxy groups -OCH3 is 2. The quantitative estimate of drug-likeness (QED) is 0.674. The summed E-state index contributed by atoms with van der Waals surface area (Å²) in [7, 11) is 3.32. The molecule has 0 N–H and O–H groups in total. The molecule has 2 unspecified atom stereocenters. The normalized spacial score (nSPS) is 49.4. The number of carbonyl (C=O) groups excluding carboxylic acids is 1. The van der Waals surface area contributed by atoms with Crippen molar-refractivity contribution in [2.24, 2.45) is 17.3 Å². The molecule has 0 amide bonds. The van der Waals surface area contributed by atoms with E-state index in [1.165, 1.54) is 13.5 Å². The Balaban J connectivity index is 1.95. The van der Waals surface area contributed by atoms with E-state index in [4.69, 9.17) is 9.47 Å². The fourth-order valence-electron chi connectivity index (χ4n) is 4.87. The number of carbonyl (C=O) groups is 1. The first kappa shape index (κ1) is 10.6. The lowest BCUT2D eigenvalue weighted by molar-refractivity contribution is -0.201. The lowest BCUT2D eigenvalue weighted by Crippen LogP contribution is -2.59. The number of hydrogen-bond donors (Lipinski definition) is 0. The van der Waals surface area contributed by atoms with Crippen LogP contribution >= 0.6 is 0 Å². The monoisotopic (exact) mass is 224 g/mol. The molecule has 0 aromatic carbocycles. The number of esters is 1. The zero-order chi connectivity index (χ0) is 11.4. The highest BCUT2D eigenvalue weighted by atomic mass is 16.5. The van der Waals surface area contributed by atoms with Crippen LogP contribution in [0.25, 0.3) is 0 Å². The van der Waals surface area contributed by atoms with Crippen molar-refractivity contribution in [2.75, 3.05) is 14.2 Å². The van der Waals surface area contributed by atoms with Crippen LogP contribution in [-0.2, 0) is 14.3 Å². The van der Waals surface area contributed by atoms with Gasteiger partial charge < -0.3 is 9.47 Å². The summed E-state index contributed by atoms with van der Waals surface area (Å²) >= 11 is 0. The first-order valence-electron chi connectivity index (χ1n) is 6.25. The molecular weight excluding hydrogens is 204 g/mol. The number of ether oxygens (including phenoxy) is 2. The van der Waals surface area contributed by atoms with E-state index in [2.05, 4.69) is 0 Å². The summed E-state index contributed by atoms with van der Waals surface area (Å²) in [5.41, 5.74) is -0.229. The van der Waals surface area contributed by atoms with Crippen molar-refractivity contribution < 1.29 is 14.3 Å².